The molecule has 2 saturated heterocycles. The quantitative estimate of drug-likeness (QED) is 0.122. The third-order valence-electron chi connectivity index (χ3n) is 9.20. The summed E-state index contributed by atoms with van der Waals surface area (Å²) in [7, 11) is 0. The van der Waals surface area contributed by atoms with Crippen LogP contribution < -0.4 is 0 Å². The molecule has 0 radical (unpaired) electrons. The van der Waals surface area contributed by atoms with Crippen molar-refractivity contribution >= 4 is 46.5 Å². The number of carbonyl (C=O) groups is 6. The van der Waals surface area contributed by atoms with Crippen LogP contribution in [0.15, 0.2) is 60.7 Å². The second kappa shape index (κ2) is 16.8. The minimum Gasteiger partial charge on any atom is -0.456 e. The lowest BCUT2D eigenvalue weighted by molar-refractivity contribution is -0.150. The first-order valence-corrected chi connectivity index (χ1v) is 18.5. The topological polar surface area (TPSA) is 146 Å². The number of nitrogens with zero attached hydrogens (tertiary/aromatic N) is 2. The molecule has 12 nitrogen and oxygen atoms in total. The molecule has 1 unspecified atom stereocenters. The van der Waals surface area contributed by atoms with Crippen molar-refractivity contribution in [2.75, 3.05) is 26.3 Å². The van der Waals surface area contributed by atoms with Crippen molar-refractivity contribution in [1.82, 2.24) is 9.80 Å². The lowest BCUT2D eigenvalue weighted by Crippen LogP contribution is -2.50. The maximum atomic E-state index is 13.0. The van der Waals surface area contributed by atoms with E-state index in [1.807, 2.05) is 36.4 Å². The fourth-order valence-electron chi connectivity index (χ4n) is 6.51. The fourth-order valence-corrected chi connectivity index (χ4v) is 6.51. The zero-order valence-electron chi connectivity index (χ0n) is 32.0. The van der Waals surface area contributed by atoms with E-state index in [1.54, 1.807) is 65.8 Å². The van der Waals surface area contributed by atoms with E-state index in [-0.39, 0.29) is 11.6 Å². The minimum atomic E-state index is -0.800. The van der Waals surface area contributed by atoms with Gasteiger partial charge in [0.1, 0.15) is 23.3 Å². The smallest absolute Gasteiger partial charge is 0.411 e. The van der Waals surface area contributed by atoms with E-state index in [0.717, 1.165) is 47.6 Å². The number of Topliss-reactive ketones (excluding diaryl/α,β-unsaturated/α-hetero) is 2. The van der Waals surface area contributed by atoms with Crippen molar-refractivity contribution in [3.05, 3.63) is 71.8 Å². The van der Waals surface area contributed by atoms with Gasteiger partial charge in [0.25, 0.3) is 0 Å². The van der Waals surface area contributed by atoms with Gasteiger partial charge in [-0.3, -0.25) is 19.4 Å². The van der Waals surface area contributed by atoms with Crippen molar-refractivity contribution in [2.45, 2.75) is 103 Å². The Morgan fingerprint density at radius 3 is 1.48 bits per heavy atom. The van der Waals surface area contributed by atoms with E-state index in [0.29, 0.717) is 37.1 Å². The lowest BCUT2D eigenvalue weighted by atomic mass is 9.98. The highest BCUT2D eigenvalue weighted by Gasteiger charge is 2.37. The maximum Gasteiger partial charge on any atom is 0.411 e. The van der Waals surface area contributed by atoms with E-state index in [1.165, 1.54) is 9.80 Å². The Kier molecular flexibility index (Phi) is 12.4. The second-order valence-corrected chi connectivity index (χ2v) is 15.8. The summed E-state index contributed by atoms with van der Waals surface area (Å²) in [5.74, 6) is -1.98. The van der Waals surface area contributed by atoms with E-state index >= 15 is 0 Å². The zero-order valence-corrected chi connectivity index (χ0v) is 32.0. The summed E-state index contributed by atoms with van der Waals surface area (Å²) in [4.78, 5) is 80.0. The van der Waals surface area contributed by atoms with Crippen molar-refractivity contribution in [2.24, 2.45) is 0 Å². The molecule has 0 aromatic heterocycles. The third kappa shape index (κ3) is 10.4. The van der Waals surface area contributed by atoms with Gasteiger partial charge in [-0.25, -0.2) is 19.2 Å². The highest BCUT2D eigenvalue weighted by atomic mass is 16.6. The van der Waals surface area contributed by atoms with Gasteiger partial charge in [-0.1, -0.05) is 48.5 Å². The number of hydrogen-bond donors (Lipinski definition) is 0. The Hall–Kier alpha value is -5.26. The summed E-state index contributed by atoms with van der Waals surface area (Å²) < 4.78 is 21.7. The van der Waals surface area contributed by atoms with Crippen LogP contribution in [0.3, 0.4) is 0 Å². The number of hydrogen-bond acceptors (Lipinski definition) is 10. The molecule has 12 heteroatoms. The van der Waals surface area contributed by atoms with Gasteiger partial charge in [-0.2, -0.15) is 0 Å². The van der Waals surface area contributed by atoms with Crippen LogP contribution in [-0.2, 0) is 28.5 Å². The van der Waals surface area contributed by atoms with Gasteiger partial charge in [0.2, 0.25) is 0 Å². The molecule has 0 aliphatic carbocycles. The van der Waals surface area contributed by atoms with Crippen molar-refractivity contribution in [3.63, 3.8) is 0 Å². The van der Waals surface area contributed by atoms with Gasteiger partial charge in [-0.15, -0.1) is 0 Å². The van der Waals surface area contributed by atoms with Crippen molar-refractivity contribution < 1.29 is 47.7 Å². The number of benzene rings is 3. The zero-order chi connectivity index (χ0) is 39.2. The van der Waals surface area contributed by atoms with Crippen LogP contribution in [0.4, 0.5) is 9.59 Å². The van der Waals surface area contributed by atoms with Crippen LogP contribution in [0.2, 0.25) is 0 Å². The summed E-state index contributed by atoms with van der Waals surface area (Å²) in [6.07, 6.45) is 2.77. The predicted molar refractivity (Wildman–Crippen MR) is 201 cm³/mol. The van der Waals surface area contributed by atoms with Crippen LogP contribution in [0.5, 0.6) is 0 Å². The molecule has 0 saturated carbocycles. The molecule has 2 atom stereocenters. The summed E-state index contributed by atoms with van der Waals surface area (Å²) in [6, 6.07) is 16.4. The number of piperidine rings is 2. The van der Waals surface area contributed by atoms with Crippen molar-refractivity contribution in [3.8, 4) is 11.1 Å². The SMILES string of the molecule is CC(C)(C)OC(=O)N1CCCCC1C(=O)OCC(=O)c1ccc2cc(-c3ccc(C(=O)COC(=O)[C@@H]4CCCCN4C(=O)OC(C)(C)C)cc3)ccc2c1. The molecule has 54 heavy (non-hydrogen) atoms. The summed E-state index contributed by atoms with van der Waals surface area (Å²) in [5, 5.41) is 1.70. The van der Waals surface area contributed by atoms with E-state index < -0.39 is 60.6 Å². The molecule has 0 spiro atoms. The van der Waals surface area contributed by atoms with Crippen LogP contribution >= 0.6 is 0 Å². The number of ether oxygens (including phenoxy) is 4. The molecule has 288 valence electrons. The van der Waals surface area contributed by atoms with Crippen LogP contribution in [0.1, 0.15) is 101 Å². The average molecular weight is 743 g/mol. The first-order chi connectivity index (χ1) is 25.5. The molecule has 2 fully saturated rings. The predicted octanol–water partition coefficient (Wildman–Crippen LogP) is 7.54. The van der Waals surface area contributed by atoms with Crippen LogP contribution in [0.25, 0.3) is 21.9 Å². The molecule has 3 aromatic carbocycles. The molecule has 2 aliphatic rings. The van der Waals surface area contributed by atoms with Gasteiger partial charge < -0.3 is 18.9 Å². The molecule has 2 heterocycles. The van der Waals surface area contributed by atoms with Gasteiger partial charge in [0.05, 0.1) is 0 Å². The first-order valence-electron chi connectivity index (χ1n) is 18.5. The number of likely N-dealkylation sites (tertiary alicyclic amines) is 2. The van der Waals surface area contributed by atoms with E-state index in [9.17, 15) is 28.8 Å². The Morgan fingerprint density at radius 2 is 0.981 bits per heavy atom. The normalized spacial score (nSPS) is 17.7. The highest BCUT2D eigenvalue weighted by Crippen LogP contribution is 2.27. The largest absolute Gasteiger partial charge is 0.456 e. The molecular formula is C42H50N2O10. The maximum absolute atomic E-state index is 13.0. The molecule has 0 N–H and O–H groups in total. The molecular weight excluding hydrogens is 692 g/mol. The number of esters is 2. The molecule has 2 amide bonds. The number of fused-ring (bicyclic) bond motifs is 1. The second-order valence-electron chi connectivity index (χ2n) is 15.8. The van der Waals surface area contributed by atoms with E-state index in [2.05, 4.69) is 0 Å². The van der Waals surface area contributed by atoms with Gasteiger partial charge in [0.15, 0.2) is 24.8 Å². The fraction of sp³-hybridized carbons (Fsp3) is 0.476. The summed E-state index contributed by atoms with van der Waals surface area (Å²) >= 11 is 0. The average Bonchev–Trinajstić information content (AvgIpc) is 3.14. The molecule has 3 aromatic rings. The minimum absolute atomic E-state index is 0.362. The summed E-state index contributed by atoms with van der Waals surface area (Å²) in [6.45, 7) is 10.5. The Labute approximate surface area is 316 Å². The Balaban J connectivity index is 1.15. The lowest BCUT2D eigenvalue weighted by Gasteiger charge is -2.35. The van der Waals surface area contributed by atoms with Crippen molar-refractivity contribution in [1.29, 1.82) is 0 Å². The number of carbonyl (C=O) groups excluding carboxylic acids is 6. The standard InChI is InChI=1S/C42H50N2O10/c1-41(2,3)53-39(49)43-21-9-7-11-33(43)37(47)51-25-35(45)28-15-13-27(14-16-28)29-17-18-31-24-32(20-19-30(31)23-29)36(46)26-52-38(48)34-12-8-10-22-44(34)40(50)54-42(4,5)6/h13-20,23-24,33-34H,7-12,21-22,25-26H2,1-6H3/t33-,34?/m0/s1. The number of amides is 2. The number of ketones is 2. The molecule has 5 rings (SSSR count). The van der Waals surface area contributed by atoms with E-state index in [4.69, 9.17) is 18.9 Å². The van der Waals surface area contributed by atoms with Crippen LogP contribution in [0, 0.1) is 0 Å². The first kappa shape index (κ1) is 39.9. The molecule has 2 aliphatic heterocycles. The Morgan fingerprint density at radius 1 is 0.556 bits per heavy atom. The monoisotopic (exact) mass is 742 g/mol. The molecule has 0 bridgehead atoms. The van der Waals surface area contributed by atoms with Crippen LogP contribution in [-0.4, -0.2) is 95.1 Å². The number of rotatable bonds is 9. The van der Waals surface area contributed by atoms with Gasteiger partial charge >= 0.3 is 24.1 Å². The highest BCUT2D eigenvalue weighted by molar-refractivity contribution is 6.02. The Bertz CT molecular complexity index is 1890. The summed E-state index contributed by atoms with van der Waals surface area (Å²) in [5.41, 5.74) is 1.11. The van der Waals surface area contributed by atoms with Gasteiger partial charge in [-0.05, 0) is 114 Å². The third-order valence-corrected chi connectivity index (χ3v) is 9.20. The van der Waals surface area contributed by atoms with Gasteiger partial charge in [0, 0.05) is 24.2 Å².